The number of ether oxygens (including phenoxy) is 1. The monoisotopic (exact) mass is 538 g/mol. The van der Waals surface area contributed by atoms with Gasteiger partial charge in [-0.25, -0.2) is 0 Å². The van der Waals surface area contributed by atoms with E-state index in [1.807, 2.05) is 36.4 Å². The summed E-state index contributed by atoms with van der Waals surface area (Å²) in [5.41, 5.74) is 0.626. The summed E-state index contributed by atoms with van der Waals surface area (Å²) >= 11 is 1.50. The molecule has 1 amide bonds. The highest BCUT2D eigenvalue weighted by molar-refractivity contribution is 7.20. The van der Waals surface area contributed by atoms with Gasteiger partial charge in [0, 0.05) is 22.8 Å². The summed E-state index contributed by atoms with van der Waals surface area (Å²) in [6.07, 6.45) is 5.00. The number of aliphatic hydroxyl groups is 1. The van der Waals surface area contributed by atoms with Gasteiger partial charge in [0.15, 0.2) is 11.5 Å². The van der Waals surface area contributed by atoms with Gasteiger partial charge in [0.2, 0.25) is 0 Å². The Balaban J connectivity index is 0.00000231. The highest BCUT2D eigenvalue weighted by Crippen LogP contribution is 2.65. The summed E-state index contributed by atoms with van der Waals surface area (Å²) in [6, 6.07) is 13.6. The zero-order valence-electron chi connectivity index (χ0n) is 20.5. The quantitative estimate of drug-likeness (QED) is 0.459. The second kappa shape index (κ2) is 8.09. The molecule has 0 unspecified atom stereocenters. The Morgan fingerprint density at radius 2 is 2.00 bits per heavy atom. The predicted octanol–water partition coefficient (Wildman–Crippen LogP) is 4.39. The maximum atomic E-state index is 13.4. The minimum atomic E-state index is -0.935. The highest BCUT2D eigenvalue weighted by Gasteiger charge is 2.73. The highest BCUT2D eigenvalue weighted by atomic mass is 35.5. The number of nitrogens with one attached hydrogen (secondary N) is 1. The van der Waals surface area contributed by atoms with Crippen molar-refractivity contribution in [1.29, 1.82) is 0 Å². The summed E-state index contributed by atoms with van der Waals surface area (Å²) < 4.78 is 7.67. The van der Waals surface area contributed by atoms with Gasteiger partial charge in [0.25, 0.3) is 5.91 Å². The van der Waals surface area contributed by atoms with E-state index < -0.39 is 17.1 Å². The number of likely N-dealkylation sites (tertiary alicyclic amines) is 1. The first kappa shape index (κ1) is 23.8. The SMILES string of the molecule is Cl.O=C(N[C@H]1CC[C@@]2(O)[C@H]3Cc4ccc(O)c5c4[C@@]2(CCN3CC2CC2)[C@H]1O5)c1cc2ccccc2s1. The Labute approximate surface area is 226 Å². The summed E-state index contributed by atoms with van der Waals surface area (Å²) in [5.74, 6) is 1.32. The zero-order chi connectivity index (χ0) is 24.2. The number of hydrogen-bond acceptors (Lipinski definition) is 6. The lowest BCUT2D eigenvalue weighted by atomic mass is 9.48. The Morgan fingerprint density at radius 3 is 2.81 bits per heavy atom. The molecule has 1 aromatic heterocycles. The van der Waals surface area contributed by atoms with E-state index in [1.165, 1.54) is 29.7 Å². The van der Waals surface area contributed by atoms with E-state index in [-0.39, 0.29) is 36.1 Å². The number of hydrogen-bond donors (Lipinski definition) is 3. The van der Waals surface area contributed by atoms with E-state index in [0.29, 0.717) is 23.5 Å². The molecule has 37 heavy (non-hydrogen) atoms. The Bertz CT molecular complexity index is 1390. The van der Waals surface area contributed by atoms with E-state index >= 15 is 0 Å². The molecule has 1 spiro atoms. The van der Waals surface area contributed by atoms with Crippen LogP contribution < -0.4 is 10.1 Å². The van der Waals surface area contributed by atoms with E-state index in [9.17, 15) is 15.0 Å². The van der Waals surface area contributed by atoms with E-state index in [1.54, 1.807) is 6.07 Å². The second-order valence-electron chi connectivity index (χ2n) is 11.6. The van der Waals surface area contributed by atoms with Gasteiger partial charge in [-0.15, -0.1) is 23.7 Å². The molecule has 2 saturated carbocycles. The lowest BCUT2D eigenvalue weighted by molar-refractivity contribution is -0.191. The van der Waals surface area contributed by atoms with Crippen molar-refractivity contribution in [3.8, 4) is 11.5 Å². The van der Waals surface area contributed by atoms with Crippen LogP contribution >= 0.6 is 23.7 Å². The third-order valence-electron chi connectivity index (χ3n) is 9.73. The number of halogens is 1. The summed E-state index contributed by atoms with van der Waals surface area (Å²) in [5, 5.41) is 27.7. The van der Waals surface area contributed by atoms with Crippen LogP contribution in [0.4, 0.5) is 0 Å². The Kier molecular flexibility index (Phi) is 5.20. The van der Waals surface area contributed by atoms with Crippen LogP contribution in [0.5, 0.6) is 11.5 Å². The molecule has 3 aromatic rings. The standard InChI is InChI=1S/C29H30N2O4S.ClH/c32-20-8-7-18-14-23-29(34)10-9-19(30-27(33)22-13-17-3-1-2-4-21(17)36-22)26-28(29,24(18)25(20)35-26)11-12-31(23)15-16-5-6-16;/h1-4,7-8,13,16,19,23,26,32,34H,5-6,9-12,14-15H2,(H,30,33);1H/t19-,23+,26-,28-,29+;/m0./s1. The lowest BCUT2D eigenvalue weighted by Crippen LogP contribution is -2.78. The van der Waals surface area contributed by atoms with Crippen molar-refractivity contribution < 1.29 is 19.7 Å². The number of rotatable bonds is 4. The molecule has 1 saturated heterocycles. The van der Waals surface area contributed by atoms with Crippen LogP contribution in [0.3, 0.4) is 0 Å². The van der Waals surface area contributed by atoms with Crippen LogP contribution in [0.2, 0.25) is 0 Å². The molecular weight excluding hydrogens is 508 g/mol. The molecule has 8 heteroatoms. The lowest BCUT2D eigenvalue weighted by Gasteiger charge is -2.64. The molecule has 2 bridgehead atoms. The minimum absolute atomic E-state index is 0. The fourth-order valence-electron chi connectivity index (χ4n) is 7.96. The molecule has 194 valence electrons. The van der Waals surface area contributed by atoms with Gasteiger partial charge in [-0.05, 0) is 80.1 Å². The van der Waals surface area contributed by atoms with Crippen molar-refractivity contribution in [3.05, 3.63) is 58.5 Å². The molecule has 2 aromatic carbocycles. The van der Waals surface area contributed by atoms with Crippen LogP contribution in [-0.2, 0) is 11.8 Å². The molecular formula is C29H31ClN2O4S. The first-order chi connectivity index (χ1) is 17.5. The van der Waals surface area contributed by atoms with Crippen molar-refractivity contribution in [2.24, 2.45) is 5.92 Å². The molecule has 0 radical (unpaired) electrons. The Morgan fingerprint density at radius 1 is 1.16 bits per heavy atom. The van der Waals surface area contributed by atoms with E-state index in [4.69, 9.17) is 4.74 Å². The first-order valence-corrected chi connectivity index (χ1v) is 14.1. The fourth-order valence-corrected chi connectivity index (χ4v) is 8.93. The molecule has 3 heterocycles. The number of benzene rings is 2. The first-order valence-electron chi connectivity index (χ1n) is 13.3. The number of nitrogens with zero attached hydrogens (tertiary/aromatic N) is 1. The maximum absolute atomic E-state index is 13.4. The fraction of sp³-hybridized carbons (Fsp3) is 0.483. The van der Waals surface area contributed by atoms with Crippen molar-refractivity contribution in [3.63, 3.8) is 0 Å². The van der Waals surface area contributed by atoms with Crippen LogP contribution in [-0.4, -0.2) is 57.9 Å². The Hall–Kier alpha value is -2.32. The third kappa shape index (κ3) is 3.14. The molecule has 2 aliphatic heterocycles. The van der Waals surface area contributed by atoms with Crippen molar-refractivity contribution in [2.75, 3.05) is 13.1 Å². The topological polar surface area (TPSA) is 82.0 Å². The van der Waals surface area contributed by atoms with Crippen LogP contribution in [0.25, 0.3) is 10.1 Å². The molecule has 3 aliphatic carbocycles. The minimum Gasteiger partial charge on any atom is -0.504 e. The average molecular weight is 539 g/mol. The van der Waals surface area contributed by atoms with Crippen LogP contribution in [0, 0.1) is 5.92 Å². The number of fused-ring (bicyclic) bond motifs is 1. The van der Waals surface area contributed by atoms with Gasteiger partial charge in [0.1, 0.15) is 6.10 Å². The molecule has 5 aliphatic rings. The molecule has 3 N–H and O–H groups in total. The van der Waals surface area contributed by atoms with Crippen molar-refractivity contribution in [2.45, 2.75) is 67.7 Å². The van der Waals surface area contributed by atoms with Crippen LogP contribution in [0.15, 0.2) is 42.5 Å². The van der Waals surface area contributed by atoms with E-state index in [2.05, 4.69) is 10.2 Å². The summed E-state index contributed by atoms with van der Waals surface area (Å²) in [7, 11) is 0. The number of amides is 1. The predicted molar refractivity (Wildman–Crippen MR) is 145 cm³/mol. The second-order valence-corrected chi connectivity index (χ2v) is 12.6. The smallest absolute Gasteiger partial charge is 0.261 e. The molecule has 8 rings (SSSR count). The largest absolute Gasteiger partial charge is 0.504 e. The number of carbonyl (C=O) groups excluding carboxylic acids is 1. The van der Waals surface area contributed by atoms with Gasteiger partial charge in [0.05, 0.1) is 21.9 Å². The van der Waals surface area contributed by atoms with Crippen molar-refractivity contribution in [1.82, 2.24) is 10.2 Å². The molecule has 3 fully saturated rings. The van der Waals surface area contributed by atoms with Crippen LogP contribution in [0.1, 0.15) is 52.9 Å². The van der Waals surface area contributed by atoms with Gasteiger partial charge >= 0.3 is 0 Å². The number of piperidine rings is 1. The zero-order valence-corrected chi connectivity index (χ0v) is 22.1. The number of aromatic hydroxyl groups is 1. The summed E-state index contributed by atoms with van der Waals surface area (Å²) in [4.78, 5) is 16.6. The normalized spacial score (nSPS) is 33.4. The van der Waals surface area contributed by atoms with Gasteiger partial charge in [-0.3, -0.25) is 9.69 Å². The number of phenolic OH excluding ortho intramolecular Hbond substituents is 1. The molecule has 6 nitrogen and oxygen atoms in total. The number of phenols is 1. The maximum Gasteiger partial charge on any atom is 0.261 e. The third-order valence-corrected chi connectivity index (χ3v) is 10.8. The number of carbonyl (C=O) groups is 1. The van der Waals surface area contributed by atoms with Crippen molar-refractivity contribution >= 4 is 39.7 Å². The molecule has 5 atom stereocenters. The van der Waals surface area contributed by atoms with Gasteiger partial charge in [-0.2, -0.15) is 0 Å². The van der Waals surface area contributed by atoms with Gasteiger partial charge in [-0.1, -0.05) is 24.3 Å². The summed E-state index contributed by atoms with van der Waals surface area (Å²) in [6.45, 7) is 1.97. The van der Waals surface area contributed by atoms with E-state index in [0.717, 1.165) is 47.5 Å². The van der Waals surface area contributed by atoms with Gasteiger partial charge < -0.3 is 20.3 Å². The average Bonchev–Trinajstić information content (AvgIpc) is 3.45. The number of thiophene rings is 1.